The van der Waals surface area contributed by atoms with Gasteiger partial charge in [-0.25, -0.2) is 9.78 Å². The molecule has 2 amide bonds. The fourth-order valence-electron chi connectivity index (χ4n) is 3.40. The normalized spacial score (nSPS) is 16.2. The second kappa shape index (κ2) is 7.76. The summed E-state index contributed by atoms with van der Waals surface area (Å²) in [6.07, 6.45) is 1.65. The number of hydrogen-bond donors (Lipinski definition) is 1. The monoisotopic (exact) mass is 412 g/mol. The number of carbonyl (C=O) groups is 1. The van der Waals surface area contributed by atoms with Crippen LogP contribution in [0.1, 0.15) is 5.01 Å². The van der Waals surface area contributed by atoms with Crippen LogP contribution in [-0.4, -0.2) is 53.8 Å². The van der Waals surface area contributed by atoms with Crippen LogP contribution in [0.5, 0.6) is 11.5 Å². The minimum Gasteiger partial charge on any atom is -0.463 e. The Balaban J connectivity index is 1.13. The number of ether oxygens (including phenoxy) is 2. The summed E-state index contributed by atoms with van der Waals surface area (Å²) >= 11 is 1.63. The van der Waals surface area contributed by atoms with Crippen LogP contribution in [0.2, 0.25) is 0 Å². The molecule has 4 heterocycles. The Kier molecular flexibility index (Phi) is 4.82. The molecule has 0 atom stereocenters. The maximum Gasteiger partial charge on any atom is 0.321 e. The summed E-state index contributed by atoms with van der Waals surface area (Å²) < 4.78 is 16.1. The quantitative estimate of drug-likeness (QED) is 0.707. The lowest BCUT2D eigenvalue weighted by Gasteiger charge is -2.34. The van der Waals surface area contributed by atoms with Crippen molar-refractivity contribution in [2.75, 3.05) is 38.3 Å². The molecule has 1 aromatic carbocycles. The number of anilines is 1. The molecule has 0 saturated carbocycles. The van der Waals surface area contributed by atoms with Crippen molar-refractivity contribution in [1.82, 2.24) is 14.8 Å². The summed E-state index contributed by atoms with van der Waals surface area (Å²) in [4.78, 5) is 21.4. The van der Waals surface area contributed by atoms with E-state index >= 15 is 0 Å². The molecule has 150 valence electrons. The molecule has 1 fully saturated rings. The first-order valence-electron chi connectivity index (χ1n) is 9.41. The maximum atomic E-state index is 12.6. The minimum absolute atomic E-state index is 0.0992. The van der Waals surface area contributed by atoms with Crippen molar-refractivity contribution in [3.63, 3.8) is 0 Å². The molecule has 0 bridgehead atoms. The highest BCUT2D eigenvalue weighted by Gasteiger charge is 2.23. The molecule has 1 saturated heterocycles. The van der Waals surface area contributed by atoms with Gasteiger partial charge in [-0.15, -0.1) is 11.3 Å². The summed E-state index contributed by atoms with van der Waals surface area (Å²) in [5, 5.41) is 6.00. The van der Waals surface area contributed by atoms with Crippen LogP contribution < -0.4 is 14.8 Å². The lowest BCUT2D eigenvalue weighted by atomic mass is 10.2. The predicted molar refractivity (Wildman–Crippen MR) is 108 cm³/mol. The minimum atomic E-state index is -0.0992. The third-order valence-corrected chi connectivity index (χ3v) is 5.80. The van der Waals surface area contributed by atoms with Crippen LogP contribution in [0, 0.1) is 0 Å². The van der Waals surface area contributed by atoms with Gasteiger partial charge in [0.2, 0.25) is 6.79 Å². The zero-order valence-electron chi connectivity index (χ0n) is 15.7. The van der Waals surface area contributed by atoms with Crippen molar-refractivity contribution in [2.45, 2.75) is 6.54 Å². The van der Waals surface area contributed by atoms with Gasteiger partial charge >= 0.3 is 6.03 Å². The lowest BCUT2D eigenvalue weighted by Crippen LogP contribution is -2.49. The number of carbonyl (C=O) groups excluding carboxylic acids is 1. The van der Waals surface area contributed by atoms with E-state index in [0.29, 0.717) is 30.3 Å². The standard InChI is InChI=1S/C20H20N4O4S/c25-20(21-14-3-4-17-18(10-14)28-13-27-17)24-7-5-23(6-8-24)11-19-22-15(12-29-19)16-2-1-9-26-16/h1-4,9-10,12H,5-8,11,13H2,(H,21,25). The smallest absolute Gasteiger partial charge is 0.321 e. The summed E-state index contributed by atoms with van der Waals surface area (Å²) in [5.41, 5.74) is 1.58. The van der Waals surface area contributed by atoms with Gasteiger partial charge in [0.1, 0.15) is 10.7 Å². The Hall–Kier alpha value is -3.04. The second-order valence-electron chi connectivity index (χ2n) is 6.87. The molecule has 0 radical (unpaired) electrons. The molecule has 3 aromatic rings. The number of amides is 2. The van der Waals surface area contributed by atoms with E-state index < -0.39 is 0 Å². The van der Waals surface area contributed by atoms with Crippen LogP contribution in [0.3, 0.4) is 0 Å². The van der Waals surface area contributed by atoms with Gasteiger partial charge in [0.15, 0.2) is 17.3 Å². The summed E-state index contributed by atoms with van der Waals surface area (Å²) in [7, 11) is 0. The lowest BCUT2D eigenvalue weighted by molar-refractivity contribution is 0.143. The highest BCUT2D eigenvalue weighted by Crippen LogP contribution is 2.34. The average molecular weight is 412 g/mol. The molecule has 0 unspecified atom stereocenters. The first-order chi connectivity index (χ1) is 14.2. The molecule has 2 aromatic heterocycles. The highest BCUT2D eigenvalue weighted by atomic mass is 32.1. The van der Waals surface area contributed by atoms with Crippen LogP contribution in [0.4, 0.5) is 10.5 Å². The molecule has 2 aliphatic rings. The number of nitrogens with zero attached hydrogens (tertiary/aromatic N) is 3. The van der Waals surface area contributed by atoms with E-state index in [-0.39, 0.29) is 12.8 Å². The number of benzene rings is 1. The number of rotatable bonds is 4. The fourth-order valence-corrected chi connectivity index (χ4v) is 4.22. The van der Waals surface area contributed by atoms with E-state index in [2.05, 4.69) is 15.2 Å². The molecule has 0 spiro atoms. The van der Waals surface area contributed by atoms with Crippen LogP contribution in [-0.2, 0) is 6.54 Å². The van der Waals surface area contributed by atoms with Gasteiger partial charge in [-0.1, -0.05) is 0 Å². The first-order valence-corrected chi connectivity index (χ1v) is 10.3. The summed E-state index contributed by atoms with van der Waals surface area (Å²) in [6.45, 7) is 3.97. The molecule has 29 heavy (non-hydrogen) atoms. The number of urea groups is 1. The van der Waals surface area contributed by atoms with Gasteiger partial charge in [0, 0.05) is 43.3 Å². The number of thiazole rings is 1. The van der Waals surface area contributed by atoms with Crippen molar-refractivity contribution < 1.29 is 18.7 Å². The third kappa shape index (κ3) is 3.92. The van der Waals surface area contributed by atoms with E-state index in [1.54, 1.807) is 29.7 Å². The fraction of sp³-hybridized carbons (Fsp3) is 0.300. The number of hydrogen-bond acceptors (Lipinski definition) is 7. The van der Waals surface area contributed by atoms with E-state index in [9.17, 15) is 4.79 Å². The largest absolute Gasteiger partial charge is 0.463 e. The highest BCUT2D eigenvalue weighted by molar-refractivity contribution is 7.09. The molecule has 8 nitrogen and oxygen atoms in total. The Labute approximate surface area is 171 Å². The molecule has 2 aliphatic heterocycles. The van der Waals surface area contributed by atoms with Gasteiger partial charge in [-0.3, -0.25) is 4.90 Å². The predicted octanol–water partition coefficient (Wildman–Crippen LogP) is 3.48. The number of nitrogens with one attached hydrogen (secondary N) is 1. The number of aromatic nitrogens is 1. The van der Waals surface area contributed by atoms with Crippen LogP contribution in [0.15, 0.2) is 46.4 Å². The molecular formula is C20H20N4O4S. The Morgan fingerprint density at radius 1 is 1.14 bits per heavy atom. The van der Waals surface area contributed by atoms with Crippen molar-refractivity contribution >= 4 is 23.1 Å². The van der Waals surface area contributed by atoms with Gasteiger partial charge in [0.05, 0.1) is 12.8 Å². The number of furan rings is 1. The van der Waals surface area contributed by atoms with Crippen molar-refractivity contribution in [3.8, 4) is 23.0 Å². The molecule has 1 N–H and O–H groups in total. The zero-order valence-corrected chi connectivity index (χ0v) is 16.5. The van der Waals surface area contributed by atoms with E-state index in [1.165, 1.54) is 0 Å². The molecule has 0 aliphatic carbocycles. The topological polar surface area (TPSA) is 80.1 Å². The van der Waals surface area contributed by atoms with Crippen LogP contribution in [0.25, 0.3) is 11.5 Å². The number of fused-ring (bicyclic) bond motifs is 1. The van der Waals surface area contributed by atoms with Gasteiger partial charge in [0.25, 0.3) is 0 Å². The zero-order chi connectivity index (χ0) is 19.6. The third-order valence-electron chi connectivity index (χ3n) is 4.97. The second-order valence-corrected chi connectivity index (χ2v) is 7.81. The Morgan fingerprint density at radius 2 is 2.00 bits per heavy atom. The van der Waals surface area contributed by atoms with Crippen molar-refractivity contribution in [2.24, 2.45) is 0 Å². The summed E-state index contributed by atoms with van der Waals surface area (Å²) in [6, 6.07) is 9.09. The average Bonchev–Trinajstić information content (AvgIpc) is 3.49. The van der Waals surface area contributed by atoms with Crippen molar-refractivity contribution in [1.29, 1.82) is 0 Å². The SMILES string of the molecule is O=C(Nc1ccc2c(c1)OCO2)N1CCN(Cc2nc(-c3ccco3)cs2)CC1. The van der Waals surface area contributed by atoms with E-state index in [0.717, 1.165) is 36.1 Å². The van der Waals surface area contributed by atoms with Crippen molar-refractivity contribution in [3.05, 3.63) is 47.0 Å². The van der Waals surface area contributed by atoms with Gasteiger partial charge in [-0.05, 0) is 24.3 Å². The molecule has 5 rings (SSSR count). The van der Waals surface area contributed by atoms with Crippen LogP contribution >= 0.6 is 11.3 Å². The Bertz CT molecular complexity index is 996. The Morgan fingerprint density at radius 3 is 2.83 bits per heavy atom. The van der Waals surface area contributed by atoms with E-state index in [4.69, 9.17) is 13.9 Å². The molecular weight excluding hydrogens is 392 g/mol. The van der Waals surface area contributed by atoms with Gasteiger partial charge in [-0.2, -0.15) is 0 Å². The van der Waals surface area contributed by atoms with Gasteiger partial charge < -0.3 is 24.1 Å². The molecule has 9 heteroatoms. The maximum absolute atomic E-state index is 12.6. The first kappa shape index (κ1) is 18.0. The summed E-state index contributed by atoms with van der Waals surface area (Å²) in [5.74, 6) is 2.15. The van der Waals surface area contributed by atoms with E-state index in [1.807, 2.05) is 28.5 Å². The number of piperazine rings is 1.